The molecule has 2 N–H and O–H groups in total. The Morgan fingerprint density at radius 1 is 1.29 bits per heavy atom. The van der Waals surface area contributed by atoms with Crippen LogP contribution in [0.25, 0.3) is 6.08 Å². The number of nitrogens with one attached hydrogen (secondary N) is 2. The molecule has 9 nitrogen and oxygen atoms in total. The first kappa shape index (κ1) is 19.3. The lowest BCUT2D eigenvalue weighted by Gasteiger charge is -2.05. The van der Waals surface area contributed by atoms with E-state index in [1.54, 1.807) is 18.2 Å². The number of esters is 1. The summed E-state index contributed by atoms with van der Waals surface area (Å²) in [5.74, 6) is -1.03. The highest BCUT2D eigenvalue weighted by Gasteiger charge is 2.22. The van der Waals surface area contributed by atoms with Gasteiger partial charge in [0, 0.05) is 22.2 Å². The van der Waals surface area contributed by atoms with Crippen LogP contribution in [0.1, 0.15) is 15.9 Å². The van der Waals surface area contributed by atoms with Crippen molar-refractivity contribution in [3.05, 3.63) is 73.5 Å². The van der Waals surface area contributed by atoms with E-state index in [2.05, 4.69) is 5.32 Å². The standard InChI is InChI=1S/C17H9N3O6S2/c21-15-14(28-17(27)18-15)5-9-2-1-3-13(4-9)26-16(22)10-6-11(19-23)8-12(7-10)20(24)25/h1-8H,(H,18,21,27)/p+1/b14-5+. The van der Waals surface area contributed by atoms with Gasteiger partial charge < -0.3 is 10.1 Å². The molecule has 2 aromatic rings. The first-order valence-corrected chi connectivity index (χ1v) is 8.83. The second kappa shape index (κ2) is 8.06. The van der Waals surface area contributed by atoms with Gasteiger partial charge in [-0.3, -0.25) is 14.9 Å². The number of rotatable bonds is 5. The smallest absolute Gasteiger partial charge is 0.344 e. The zero-order valence-electron chi connectivity index (χ0n) is 13.8. The largest absolute Gasteiger partial charge is 0.423 e. The minimum absolute atomic E-state index is 0.139. The molecule has 0 spiro atoms. The Morgan fingerprint density at radius 2 is 2.07 bits per heavy atom. The van der Waals surface area contributed by atoms with Crippen LogP contribution in [0, 0.1) is 15.0 Å². The molecule has 0 atom stereocenters. The van der Waals surface area contributed by atoms with Crippen molar-refractivity contribution in [3.8, 4) is 5.75 Å². The molecule has 1 heterocycles. The Hall–Kier alpha value is -3.44. The Morgan fingerprint density at radius 3 is 2.71 bits per heavy atom. The third-order valence-electron chi connectivity index (χ3n) is 3.49. The molecule has 0 aliphatic carbocycles. The van der Waals surface area contributed by atoms with Crippen molar-refractivity contribution in [1.29, 1.82) is 0 Å². The van der Waals surface area contributed by atoms with Crippen LogP contribution in [0.15, 0.2) is 47.4 Å². The number of amides is 1. The number of thiocarbonyl (C=S) groups is 1. The van der Waals surface area contributed by atoms with Crippen LogP contribution in [0.4, 0.5) is 11.4 Å². The Kier molecular flexibility index (Phi) is 5.57. The molecule has 28 heavy (non-hydrogen) atoms. The molecule has 11 heteroatoms. The highest BCUT2D eigenvalue weighted by atomic mass is 32.2. The van der Waals surface area contributed by atoms with E-state index in [1.165, 1.54) is 17.3 Å². The first-order chi connectivity index (χ1) is 13.4. The van der Waals surface area contributed by atoms with E-state index in [-0.39, 0.29) is 22.9 Å². The van der Waals surface area contributed by atoms with Crippen molar-refractivity contribution in [1.82, 2.24) is 5.32 Å². The average Bonchev–Trinajstić information content (AvgIpc) is 2.98. The molecule has 0 aromatic heterocycles. The van der Waals surface area contributed by atoms with E-state index >= 15 is 0 Å². The molecule has 1 amide bonds. The van der Waals surface area contributed by atoms with Gasteiger partial charge in [-0.2, -0.15) is 0 Å². The van der Waals surface area contributed by atoms with Crippen molar-refractivity contribution in [2.75, 3.05) is 0 Å². The van der Waals surface area contributed by atoms with Crippen LogP contribution >= 0.6 is 24.0 Å². The molecule has 0 saturated carbocycles. The number of nitrogens with zero attached hydrogens (tertiary/aromatic N) is 1. The number of carbonyl (C=O) groups is 2. The molecule has 1 aliphatic heterocycles. The van der Waals surface area contributed by atoms with Crippen molar-refractivity contribution in [2.24, 2.45) is 0 Å². The molecule has 0 radical (unpaired) electrons. The Labute approximate surface area is 166 Å². The fourth-order valence-corrected chi connectivity index (χ4v) is 3.34. The van der Waals surface area contributed by atoms with Gasteiger partial charge in [-0.05, 0) is 23.8 Å². The van der Waals surface area contributed by atoms with Crippen molar-refractivity contribution in [2.45, 2.75) is 0 Å². The molecule has 1 fully saturated rings. The molecular weight excluding hydrogens is 406 g/mol. The third kappa shape index (κ3) is 4.45. The Balaban J connectivity index is 1.84. The molecular formula is C17H10N3O6S2+. The molecule has 0 bridgehead atoms. The normalized spacial score (nSPS) is 14.6. The summed E-state index contributed by atoms with van der Waals surface area (Å²) in [6, 6.07) is 9.51. The predicted octanol–water partition coefficient (Wildman–Crippen LogP) is 1.78. The molecule has 3 rings (SSSR count). The topological polar surface area (TPSA) is 130 Å². The number of nitro benzene ring substituents is 1. The minimum Gasteiger partial charge on any atom is -0.423 e. The number of thioether (sulfide) groups is 1. The van der Waals surface area contributed by atoms with Crippen LogP contribution in [0.3, 0.4) is 0 Å². The number of hydrogen-bond acceptors (Lipinski definition) is 8. The lowest BCUT2D eigenvalue weighted by molar-refractivity contribution is -0.392. The van der Waals surface area contributed by atoms with Crippen LogP contribution < -0.4 is 15.2 Å². The maximum absolute atomic E-state index is 12.3. The van der Waals surface area contributed by atoms with E-state index in [4.69, 9.17) is 17.0 Å². The third-order valence-corrected chi connectivity index (χ3v) is 4.65. The lowest BCUT2D eigenvalue weighted by atomic mass is 10.1. The van der Waals surface area contributed by atoms with Crippen LogP contribution in [0.5, 0.6) is 5.75 Å². The number of benzene rings is 2. The monoisotopic (exact) mass is 416 g/mol. The lowest BCUT2D eigenvalue weighted by Crippen LogP contribution is -2.55. The van der Waals surface area contributed by atoms with Crippen LogP contribution in [0.2, 0.25) is 0 Å². The summed E-state index contributed by atoms with van der Waals surface area (Å²) in [7, 11) is 0. The van der Waals surface area contributed by atoms with E-state index in [0.717, 1.165) is 30.0 Å². The number of carbonyl (C=O) groups excluding carboxylic acids is 2. The second-order valence-electron chi connectivity index (χ2n) is 5.44. The van der Waals surface area contributed by atoms with Gasteiger partial charge in [0.25, 0.3) is 17.3 Å². The molecule has 1 aliphatic rings. The molecule has 1 saturated heterocycles. The SMILES string of the molecule is O=[NH+]c1cc(C(=O)Oc2cccc(/C=C3/SC(=S)NC3=O)c2)cc([N+](=O)[O-])c1. The zero-order valence-corrected chi connectivity index (χ0v) is 15.5. The molecule has 2 aromatic carbocycles. The summed E-state index contributed by atoms with van der Waals surface area (Å²) in [4.78, 5) is 45.5. The highest BCUT2D eigenvalue weighted by molar-refractivity contribution is 8.26. The van der Waals surface area contributed by atoms with E-state index in [1.807, 2.05) is 0 Å². The van der Waals surface area contributed by atoms with Gasteiger partial charge in [0.15, 0.2) is 0 Å². The highest BCUT2D eigenvalue weighted by Crippen LogP contribution is 2.27. The molecule has 140 valence electrons. The predicted molar refractivity (Wildman–Crippen MR) is 105 cm³/mol. The molecule has 0 unspecified atom stereocenters. The van der Waals surface area contributed by atoms with Gasteiger partial charge in [0.1, 0.15) is 10.1 Å². The van der Waals surface area contributed by atoms with Gasteiger partial charge in [-0.15, -0.1) is 0 Å². The summed E-state index contributed by atoms with van der Waals surface area (Å²) in [5.41, 5.74) is -0.132. The van der Waals surface area contributed by atoms with Crippen molar-refractivity contribution in [3.63, 3.8) is 0 Å². The second-order valence-corrected chi connectivity index (χ2v) is 7.16. The number of nitroso groups, excluding NO2 is 1. The Bertz CT molecular complexity index is 1070. The summed E-state index contributed by atoms with van der Waals surface area (Å²) in [6.07, 6.45) is 1.59. The quantitative estimate of drug-likeness (QED) is 0.188. The van der Waals surface area contributed by atoms with E-state index < -0.39 is 16.6 Å². The van der Waals surface area contributed by atoms with Gasteiger partial charge in [0.2, 0.25) is 0 Å². The van der Waals surface area contributed by atoms with E-state index in [9.17, 15) is 24.6 Å². The van der Waals surface area contributed by atoms with Crippen molar-refractivity contribution < 1.29 is 24.4 Å². The minimum atomic E-state index is -0.876. The summed E-state index contributed by atoms with van der Waals surface area (Å²) in [6.45, 7) is 0. The van der Waals surface area contributed by atoms with E-state index in [0.29, 0.717) is 14.8 Å². The fourth-order valence-electron chi connectivity index (χ4n) is 2.30. The summed E-state index contributed by atoms with van der Waals surface area (Å²) < 4.78 is 5.59. The van der Waals surface area contributed by atoms with Gasteiger partial charge >= 0.3 is 5.97 Å². The van der Waals surface area contributed by atoms with Crippen molar-refractivity contribution >= 4 is 57.6 Å². The fraction of sp³-hybridized carbons (Fsp3) is 0. The van der Waals surface area contributed by atoms with Gasteiger partial charge in [0.05, 0.1) is 21.5 Å². The van der Waals surface area contributed by atoms with Crippen LogP contribution in [-0.4, -0.2) is 21.1 Å². The number of non-ortho nitro benzene ring substituents is 1. The zero-order chi connectivity index (χ0) is 20.3. The number of nitro groups is 1. The average molecular weight is 416 g/mol. The maximum atomic E-state index is 12.3. The summed E-state index contributed by atoms with van der Waals surface area (Å²) >= 11 is 6.04. The summed E-state index contributed by atoms with van der Waals surface area (Å²) in [5, 5.41) is 14.9. The maximum Gasteiger partial charge on any atom is 0.344 e. The van der Waals surface area contributed by atoms with Crippen LogP contribution in [-0.2, 0) is 4.79 Å². The first-order valence-electron chi connectivity index (χ1n) is 7.60. The number of ether oxygens (including phenoxy) is 1. The van der Waals surface area contributed by atoms with Gasteiger partial charge in [-0.25, -0.2) is 4.79 Å². The van der Waals surface area contributed by atoms with Gasteiger partial charge in [-0.1, -0.05) is 36.1 Å². The number of hydrogen-bond donors (Lipinski definition) is 2.